The minimum atomic E-state index is -0.644. The second-order valence-corrected chi connectivity index (χ2v) is 15.3. The van der Waals surface area contributed by atoms with Crippen molar-refractivity contribution >= 4 is 17.3 Å². The molecule has 0 saturated heterocycles. The summed E-state index contributed by atoms with van der Waals surface area (Å²) in [4.78, 5) is 17.9. The van der Waals surface area contributed by atoms with Crippen LogP contribution < -0.4 is 0 Å². The van der Waals surface area contributed by atoms with Crippen molar-refractivity contribution in [3.05, 3.63) is 51.5 Å². The number of rotatable bonds is 10. The molecule has 0 bridgehead atoms. The van der Waals surface area contributed by atoms with Crippen LogP contribution in [0.15, 0.2) is 40.8 Å². The third kappa shape index (κ3) is 6.23. The van der Waals surface area contributed by atoms with Crippen molar-refractivity contribution in [3.63, 3.8) is 0 Å². The zero-order valence-electron chi connectivity index (χ0n) is 26.5. The summed E-state index contributed by atoms with van der Waals surface area (Å²) >= 11 is 1.73. The van der Waals surface area contributed by atoms with Crippen LogP contribution in [-0.4, -0.2) is 39.5 Å². The van der Waals surface area contributed by atoms with E-state index in [4.69, 9.17) is 9.72 Å². The molecule has 0 aliphatic heterocycles. The van der Waals surface area contributed by atoms with E-state index in [-0.39, 0.29) is 28.8 Å². The number of hydrogen-bond acceptors (Lipinski definition) is 6. The molecule has 0 aromatic carbocycles. The molecule has 1 heterocycles. The van der Waals surface area contributed by atoms with Gasteiger partial charge in [-0.1, -0.05) is 52.0 Å². The summed E-state index contributed by atoms with van der Waals surface area (Å²) in [5, 5.41) is 23.8. The maximum Gasteiger partial charge on any atom is 0.308 e. The number of aliphatic hydroxyl groups excluding tert-OH is 2. The van der Waals surface area contributed by atoms with Crippen LogP contribution in [0.25, 0.3) is 0 Å². The zero-order chi connectivity index (χ0) is 30.2. The molecule has 1 unspecified atom stereocenters. The van der Waals surface area contributed by atoms with Crippen LogP contribution in [0, 0.1) is 36.0 Å². The Kier molecular flexibility index (Phi) is 9.57. The van der Waals surface area contributed by atoms with Gasteiger partial charge in [-0.15, -0.1) is 11.3 Å². The van der Waals surface area contributed by atoms with E-state index in [1.165, 1.54) is 31.3 Å². The van der Waals surface area contributed by atoms with Crippen LogP contribution in [0.5, 0.6) is 0 Å². The van der Waals surface area contributed by atoms with Gasteiger partial charge in [-0.2, -0.15) is 0 Å². The molecule has 4 aliphatic carbocycles. The SMILES string of the molecule is C=C1C(=CC=C2CCC[C@]3(C)[C@@H]([C@H](C)CC[C@H](OC(=O)C(C)CC)C4(c5nc(C)cs5)CC4)CC[C@@H]23)C[C@@H](O)C[C@@H]1O. The fourth-order valence-corrected chi connectivity index (χ4v) is 9.66. The average Bonchev–Trinajstić information content (AvgIpc) is 3.51. The van der Waals surface area contributed by atoms with Crippen LogP contribution in [0.4, 0.5) is 0 Å². The van der Waals surface area contributed by atoms with Gasteiger partial charge in [-0.25, -0.2) is 4.98 Å². The first kappa shape index (κ1) is 31.7. The van der Waals surface area contributed by atoms with E-state index < -0.39 is 12.2 Å². The van der Waals surface area contributed by atoms with Crippen molar-refractivity contribution in [2.75, 3.05) is 0 Å². The Bertz CT molecular complexity index is 1210. The lowest BCUT2D eigenvalue weighted by atomic mass is 9.60. The van der Waals surface area contributed by atoms with E-state index in [0.29, 0.717) is 30.6 Å². The minimum absolute atomic E-state index is 0.0561. The monoisotopic (exact) mass is 595 g/mol. The van der Waals surface area contributed by atoms with E-state index >= 15 is 0 Å². The number of aliphatic hydroxyl groups is 2. The molecule has 8 atom stereocenters. The fourth-order valence-electron chi connectivity index (χ4n) is 8.56. The zero-order valence-corrected chi connectivity index (χ0v) is 27.3. The molecule has 232 valence electrons. The first-order valence-corrected chi connectivity index (χ1v) is 17.4. The van der Waals surface area contributed by atoms with Gasteiger partial charge in [0, 0.05) is 17.5 Å². The summed E-state index contributed by atoms with van der Waals surface area (Å²) in [6.45, 7) is 15.2. The molecule has 6 heteroatoms. The molecule has 4 aliphatic rings. The summed E-state index contributed by atoms with van der Waals surface area (Å²) in [6, 6.07) is 0. The summed E-state index contributed by atoms with van der Waals surface area (Å²) in [7, 11) is 0. The van der Waals surface area contributed by atoms with E-state index in [1.54, 1.807) is 11.3 Å². The van der Waals surface area contributed by atoms with Gasteiger partial charge in [-0.3, -0.25) is 4.79 Å². The predicted octanol–water partition coefficient (Wildman–Crippen LogP) is 8.00. The number of fused-ring (bicyclic) bond motifs is 1. The molecule has 42 heavy (non-hydrogen) atoms. The average molecular weight is 596 g/mol. The highest BCUT2D eigenvalue weighted by molar-refractivity contribution is 7.09. The van der Waals surface area contributed by atoms with Crippen molar-refractivity contribution in [2.45, 2.75) is 135 Å². The molecule has 2 N–H and O–H groups in total. The van der Waals surface area contributed by atoms with Gasteiger partial charge in [0.25, 0.3) is 0 Å². The van der Waals surface area contributed by atoms with Crippen LogP contribution in [0.2, 0.25) is 0 Å². The summed E-state index contributed by atoms with van der Waals surface area (Å²) < 4.78 is 6.34. The molecule has 5 rings (SSSR count). The van der Waals surface area contributed by atoms with Gasteiger partial charge in [0.05, 0.1) is 23.5 Å². The maximum absolute atomic E-state index is 13.0. The number of nitrogens with zero attached hydrogens (tertiary/aromatic N) is 1. The fraction of sp³-hybridized carbons (Fsp3) is 0.722. The lowest BCUT2D eigenvalue weighted by molar-refractivity contribution is -0.156. The van der Waals surface area contributed by atoms with Crippen LogP contribution in [0.1, 0.15) is 115 Å². The second kappa shape index (κ2) is 12.7. The summed E-state index contributed by atoms with van der Waals surface area (Å²) in [6.07, 6.45) is 15.1. The van der Waals surface area contributed by atoms with E-state index in [9.17, 15) is 15.0 Å². The molecule has 1 aromatic rings. The van der Waals surface area contributed by atoms with Gasteiger partial charge in [-0.05, 0) is 112 Å². The van der Waals surface area contributed by atoms with Gasteiger partial charge >= 0.3 is 5.97 Å². The third-order valence-electron chi connectivity index (χ3n) is 11.6. The molecule has 0 spiro atoms. The topological polar surface area (TPSA) is 79.7 Å². The van der Waals surface area contributed by atoms with Gasteiger partial charge in [0.15, 0.2) is 0 Å². The number of thiazole rings is 1. The number of carbonyl (C=O) groups excluding carboxylic acids is 1. The molecular weight excluding hydrogens is 542 g/mol. The Morgan fingerprint density at radius 1 is 1.21 bits per heavy atom. The predicted molar refractivity (Wildman–Crippen MR) is 170 cm³/mol. The van der Waals surface area contributed by atoms with Crippen LogP contribution >= 0.6 is 11.3 Å². The quantitative estimate of drug-likeness (QED) is 0.268. The standard InChI is InChI=1S/C36H53NO4S/c1-7-22(2)33(40)41-32(36(17-18-36)34-37-24(4)21-42-34)15-10-23(3)29-13-14-30-26(9-8-16-35(29,30)6)11-12-27-19-28(38)20-31(39)25(27)5/h11-12,21-23,28-32,38-39H,5,7-10,13-20H2,1-4,6H3/t22?,23-,28-,29-,30+,31+,32+,35-/m1/s1. The number of carbonyl (C=O) groups is 1. The molecule has 4 fully saturated rings. The highest BCUT2D eigenvalue weighted by atomic mass is 32.1. The van der Waals surface area contributed by atoms with Crippen molar-refractivity contribution in [1.82, 2.24) is 4.98 Å². The normalized spacial score (nSPS) is 34.7. The van der Waals surface area contributed by atoms with E-state index in [2.05, 4.69) is 51.8 Å². The van der Waals surface area contributed by atoms with Crippen molar-refractivity contribution in [1.29, 1.82) is 0 Å². The Morgan fingerprint density at radius 2 is 1.98 bits per heavy atom. The Labute approximate surface area is 257 Å². The maximum atomic E-state index is 13.0. The molecule has 4 saturated carbocycles. The van der Waals surface area contributed by atoms with Gasteiger partial charge in [0.1, 0.15) is 11.1 Å². The largest absolute Gasteiger partial charge is 0.461 e. The van der Waals surface area contributed by atoms with Crippen molar-refractivity contribution in [3.8, 4) is 0 Å². The number of aromatic nitrogens is 1. The highest BCUT2D eigenvalue weighted by Gasteiger charge is 2.56. The molecule has 1 aromatic heterocycles. The number of ether oxygens (including phenoxy) is 1. The minimum Gasteiger partial charge on any atom is -0.461 e. The molecule has 0 radical (unpaired) electrons. The van der Waals surface area contributed by atoms with Crippen LogP contribution in [-0.2, 0) is 14.9 Å². The number of esters is 1. The van der Waals surface area contributed by atoms with Gasteiger partial charge < -0.3 is 14.9 Å². The summed E-state index contributed by atoms with van der Waals surface area (Å²) in [5.41, 5.74) is 4.53. The second-order valence-electron chi connectivity index (χ2n) is 14.4. The van der Waals surface area contributed by atoms with Gasteiger partial charge in [0.2, 0.25) is 0 Å². The van der Waals surface area contributed by atoms with E-state index in [0.717, 1.165) is 60.4 Å². The molecule has 5 nitrogen and oxygen atoms in total. The Balaban J connectivity index is 1.29. The molecular formula is C36H53NO4S. The van der Waals surface area contributed by atoms with E-state index in [1.807, 2.05) is 6.92 Å². The first-order valence-electron chi connectivity index (χ1n) is 16.6. The smallest absolute Gasteiger partial charge is 0.308 e. The number of aryl methyl sites for hydroxylation is 1. The Hall–Kier alpha value is -1.76. The third-order valence-corrected chi connectivity index (χ3v) is 12.8. The Morgan fingerprint density at radius 3 is 2.64 bits per heavy atom. The van der Waals surface area contributed by atoms with Crippen molar-refractivity contribution < 1.29 is 19.7 Å². The highest BCUT2D eigenvalue weighted by Crippen LogP contribution is 2.60. The van der Waals surface area contributed by atoms with Crippen molar-refractivity contribution in [2.24, 2.45) is 29.1 Å². The van der Waals surface area contributed by atoms with Crippen LogP contribution in [0.3, 0.4) is 0 Å². The number of hydrogen-bond donors (Lipinski definition) is 2. The lowest BCUT2D eigenvalue weighted by Crippen LogP contribution is -2.37. The first-order chi connectivity index (χ1) is 20.0. The summed E-state index contributed by atoms with van der Waals surface area (Å²) in [5.74, 6) is 1.65. The lowest BCUT2D eigenvalue weighted by Gasteiger charge is -2.44. The molecule has 0 amide bonds. The number of allylic oxidation sites excluding steroid dienone is 3.